The summed E-state index contributed by atoms with van der Waals surface area (Å²) < 4.78 is 63.2. The van der Waals surface area contributed by atoms with Crippen LogP contribution in [0.2, 0.25) is 5.02 Å². The summed E-state index contributed by atoms with van der Waals surface area (Å²) in [6.07, 6.45) is -7.41. The number of hydrogen-bond acceptors (Lipinski definition) is 2. The second kappa shape index (κ2) is 4.18. The van der Waals surface area contributed by atoms with E-state index in [2.05, 4.69) is 9.72 Å². The maximum Gasteiger partial charge on any atom is 0.573 e. The second-order valence-corrected chi connectivity index (χ2v) is 2.76. The summed E-state index contributed by atoms with van der Waals surface area (Å²) in [6, 6.07) is 0.925. The first-order valence-corrected chi connectivity index (χ1v) is 3.87. The van der Waals surface area contributed by atoms with Gasteiger partial charge in [0.05, 0.1) is 5.02 Å². The molecule has 15 heavy (non-hydrogen) atoms. The molecule has 0 spiro atoms. The molecule has 0 radical (unpaired) electrons. The van der Waals surface area contributed by atoms with E-state index in [1.807, 2.05) is 0 Å². The number of alkyl halides is 5. The Balaban J connectivity index is 3.14. The molecule has 0 unspecified atom stereocenters. The highest BCUT2D eigenvalue weighted by Gasteiger charge is 2.34. The zero-order chi connectivity index (χ0) is 11.6. The number of rotatable bonds is 2. The smallest absolute Gasteiger partial charge is 0.402 e. The third-order valence-electron chi connectivity index (χ3n) is 1.31. The topological polar surface area (TPSA) is 22.1 Å². The fraction of sp³-hybridized carbons (Fsp3) is 0.286. The van der Waals surface area contributed by atoms with Gasteiger partial charge in [-0.3, -0.25) is 4.98 Å². The first-order valence-electron chi connectivity index (χ1n) is 3.49. The quantitative estimate of drug-likeness (QED) is 0.746. The molecule has 0 aliphatic rings. The molecule has 2 nitrogen and oxygen atoms in total. The van der Waals surface area contributed by atoms with E-state index in [9.17, 15) is 22.0 Å². The Bertz CT molecular complexity index is 354. The monoisotopic (exact) mass is 247 g/mol. The van der Waals surface area contributed by atoms with Gasteiger partial charge in [0.25, 0.3) is 6.43 Å². The summed E-state index contributed by atoms with van der Waals surface area (Å²) in [5, 5.41) is -0.572. The molecule has 1 aromatic rings. The van der Waals surface area contributed by atoms with Crippen LogP contribution in [0.3, 0.4) is 0 Å². The average Bonchev–Trinajstić information content (AvgIpc) is 2.05. The van der Waals surface area contributed by atoms with E-state index >= 15 is 0 Å². The molecule has 0 N–H and O–H groups in total. The molecule has 1 aromatic heterocycles. The van der Waals surface area contributed by atoms with Gasteiger partial charge in [-0.25, -0.2) is 8.78 Å². The predicted molar refractivity (Wildman–Crippen MR) is 40.9 cm³/mol. The van der Waals surface area contributed by atoms with E-state index in [4.69, 9.17) is 11.6 Å². The molecular formula is C7H3ClF5NO. The second-order valence-electron chi connectivity index (χ2n) is 2.36. The van der Waals surface area contributed by atoms with Crippen LogP contribution < -0.4 is 4.74 Å². The van der Waals surface area contributed by atoms with Crippen LogP contribution in [0.1, 0.15) is 12.1 Å². The summed E-state index contributed by atoms with van der Waals surface area (Å²) in [4.78, 5) is 3.06. The molecule has 0 aromatic carbocycles. The molecule has 1 heterocycles. The van der Waals surface area contributed by atoms with Gasteiger partial charge >= 0.3 is 6.36 Å². The van der Waals surface area contributed by atoms with E-state index in [0.29, 0.717) is 0 Å². The van der Waals surface area contributed by atoms with Gasteiger partial charge in [0.2, 0.25) is 0 Å². The van der Waals surface area contributed by atoms with Crippen LogP contribution in [0.5, 0.6) is 5.75 Å². The highest BCUT2D eigenvalue weighted by atomic mass is 35.5. The largest absolute Gasteiger partial charge is 0.573 e. The van der Waals surface area contributed by atoms with Crippen LogP contribution in [0, 0.1) is 0 Å². The average molecular weight is 248 g/mol. The van der Waals surface area contributed by atoms with Crippen molar-refractivity contribution >= 4 is 11.6 Å². The minimum Gasteiger partial charge on any atom is -0.402 e. The lowest BCUT2D eigenvalue weighted by Crippen LogP contribution is -2.19. The van der Waals surface area contributed by atoms with Crippen molar-refractivity contribution < 1.29 is 26.7 Å². The van der Waals surface area contributed by atoms with E-state index in [0.717, 1.165) is 12.3 Å². The Morgan fingerprint density at radius 1 is 1.33 bits per heavy atom. The zero-order valence-electron chi connectivity index (χ0n) is 6.86. The zero-order valence-corrected chi connectivity index (χ0v) is 7.61. The van der Waals surface area contributed by atoms with Crippen LogP contribution in [-0.4, -0.2) is 11.3 Å². The third-order valence-corrected chi connectivity index (χ3v) is 1.61. The van der Waals surface area contributed by atoms with Crippen LogP contribution in [0.25, 0.3) is 0 Å². The van der Waals surface area contributed by atoms with E-state index in [1.54, 1.807) is 0 Å². The number of hydrogen-bond donors (Lipinski definition) is 0. The lowest BCUT2D eigenvalue weighted by atomic mass is 10.3. The molecular weight excluding hydrogens is 245 g/mol. The number of halogens is 6. The maximum atomic E-state index is 12.2. The van der Waals surface area contributed by atoms with Crippen LogP contribution >= 0.6 is 11.6 Å². The van der Waals surface area contributed by atoms with Gasteiger partial charge in [-0.1, -0.05) is 11.6 Å². The minimum atomic E-state index is -5.09. The molecule has 84 valence electrons. The summed E-state index contributed by atoms with van der Waals surface area (Å²) >= 11 is 5.28. The fourth-order valence-corrected chi connectivity index (χ4v) is 1.00. The summed E-state index contributed by atoms with van der Waals surface area (Å²) in [6.45, 7) is 0. The summed E-state index contributed by atoms with van der Waals surface area (Å²) in [5.74, 6) is -1.17. The predicted octanol–water partition coefficient (Wildman–Crippen LogP) is 3.57. The van der Waals surface area contributed by atoms with Gasteiger partial charge in [0, 0.05) is 6.20 Å². The van der Waals surface area contributed by atoms with Crippen molar-refractivity contribution in [3.63, 3.8) is 0 Å². The van der Waals surface area contributed by atoms with E-state index < -0.39 is 29.3 Å². The maximum absolute atomic E-state index is 12.2. The Morgan fingerprint density at radius 2 is 1.93 bits per heavy atom. The summed E-state index contributed by atoms with van der Waals surface area (Å²) in [7, 11) is 0. The van der Waals surface area contributed by atoms with Gasteiger partial charge in [-0.15, -0.1) is 13.2 Å². The lowest BCUT2D eigenvalue weighted by molar-refractivity contribution is -0.275. The van der Waals surface area contributed by atoms with Crippen LogP contribution in [0.4, 0.5) is 22.0 Å². The van der Waals surface area contributed by atoms with Crippen molar-refractivity contribution in [2.45, 2.75) is 12.8 Å². The van der Waals surface area contributed by atoms with Crippen molar-refractivity contribution in [3.8, 4) is 5.75 Å². The van der Waals surface area contributed by atoms with E-state index in [1.165, 1.54) is 0 Å². The third kappa shape index (κ3) is 3.19. The number of pyridine rings is 1. The number of aromatic nitrogens is 1. The molecule has 0 amide bonds. The van der Waals surface area contributed by atoms with E-state index in [-0.39, 0.29) is 0 Å². The Morgan fingerprint density at radius 3 is 2.40 bits per heavy atom. The van der Waals surface area contributed by atoms with Gasteiger partial charge in [-0.05, 0) is 6.07 Å². The number of ether oxygens (including phenoxy) is 1. The molecule has 1 rings (SSSR count). The van der Waals surface area contributed by atoms with Gasteiger partial charge in [-0.2, -0.15) is 0 Å². The highest BCUT2D eigenvalue weighted by molar-refractivity contribution is 6.32. The molecule has 0 fully saturated rings. The van der Waals surface area contributed by atoms with Crippen molar-refractivity contribution in [1.29, 1.82) is 0 Å². The SMILES string of the molecule is FC(F)c1nccc(Cl)c1OC(F)(F)F. The minimum absolute atomic E-state index is 0.572. The molecule has 0 saturated heterocycles. The molecule has 0 saturated carbocycles. The fourth-order valence-electron chi connectivity index (χ4n) is 0.812. The van der Waals surface area contributed by atoms with Crippen LogP contribution in [0.15, 0.2) is 12.3 Å². The van der Waals surface area contributed by atoms with Crippen molar-refractivity contribution in [3.05, 3.63) is 23.0 Å². The molecule has 0 aliphatic carbocycles. The lowest BCUT2D eigenvalue weighted by Gasteiger charge is -2.12. The van der Waals surface area contributed by atoms with Gasteiger partial charge in [0.1, 0.15) is 0 Å². The molecule has 0 atom stereocenters. The number of nitrogens with zero attached hydrogens (tertiary/aromatic N) is 1. The first kappa shape index (κ1) is 12.0. The Hall–Kier alpha value is -1.11. The van der Waals surface area contributed by atoms with Crippen molar-refractivity contribution in [1.82, 2.24) is 4.98 Å². The molecule has 0 bridgehead atoms. The van der Waals surface area contributed by atoms with Gasteiger partial charge < -0.3 is 4.74 Å². The van der Waals surface area contributed by atoms with Crippen LogP contribution in [-0.2, 0) is 0 Å². The van der Waals surface area contributed by atoms with Crippen molar-refractivity contribution in [2.75, 3.05) is 0 Å². The molecule has 8 heteroatoms. The Labute approximate surface area is 85.6 Å². The standard InChI is InChI=1S/C7H3ClF5NO/c8-3-1-2-14-4(6(9)10)5(3)15-7(11,12)13/h1-2,6H. The van der Waals surface area contributed by atoms with Gasteiger partial charge in [0.15, 0.2) is 11.4 Å². The normalized spacial score (nSPS) is 11.9. The first-order chi connectivity index (χ1) is 6.81. The Kier molecular flexibility index (Phi) is 3.33. The highest BCUT2D eigenvalue weighted by Crippen LogP contribution is 2.36. The van der Waals surface area contributed by atoms with Crippen molar-refractivity contribution in [2.24, 2.45) is 0 Å². The molecule has 0 aliphatic heterocycles. The summed E-state index contributed by atoms with van der Waals surface area (Å²) in [5.41, 5.74) is -1.14.